The number of nitrogens with one attached hydrogen (secondary N) is 1. The Kier molecular flexibility index (Phi) is 8.06. The molecule has 4 nitrogen and oxygen atoms in total. The van der Waals surface area contributed by atoms with Crippen LogP contribution in [0.2, 0.25) is 5.02 Å². The molecule has 0 aliphatic heterocycles. The zero-order chi connectivity index (χ0) is 18.1. The second-order valence-electron chi connectivity index (χ2n) is 5.81. The van der Waals surface area contributed by atoms with E-state index >= 15 is 0 Å². The number of benzene rings is 2. The number of halogens is 1. The lowest BCUT2D eigenvalue weighted by molar-refractivity contribution is 0.268. The molecule has 0 atom stereocenters. The van der Waals surface area contributed by atoms with E-state index in [1.54, 1.807) is 0 Å². The summed E-state index contributed by atoms with van der Waals surface area (Å²) in [6.45, 7) is 6.58. The van der Waals surface area contributed by atoms with Crippen molar-refractivity contribution in [2.75, 3.05) is 19.8 Å². The highest BCUT2D eigenvalue weighted by atomic mass is 35.5. The molecule has 0 amide bonds. The predicted octanol–water partition coefficient (Wildman–Crippen LogP) is 4.10. The van der Waals surface area contributed by atoms with E-state index in [4.69, 9.17) is 26.2 Å². The van der Waals surface area contributed by atoms with Gasteiger partial charge in [-0.2, -0.15) is 0 Å². The van der Waals surface area contributed by atoms with Crippen LogP contribution < -0.4 is 14.8 Å². The fourth-order valence-electron chi connectivity index (χ4n) is 2.49. The summed E-state index contributed by atoms with van der Waals surface area (Å²) in [5, 5.41) is 12.6. The molecule has 0 fully saturated rings. The summed E-state index contributed by atoms with van der Waals surface area (Å²) >= 11 is 6.44. The van der Waals surface area contributed by atoms with Gasteiger partial charge in [0.2, 0.25) is 0 Å². The molecular weight excluding hydrogens is 338 g/mol. The molecular formula is C20H26ClNO3. The van der Waals surface area contributed by atoms with Crippen LogP contribution in [0.3, 0.4) is 0 Å². The van der Waals surface area contributed by atoms with Gasteiger partial charge in [-0.3, -0.25) is 0 Å². The van der Waals surface area contributed by atoms with E-state index in [0.29, 0.717) is 36.3 Å². The maximum absolute atomic E-state index is 8.83. The third-order valence-corrected chi connectivity index (χ3v) is 4.12. The van der Waals surface area contributed by atoms with E-state index in [-0.39, 0.29) is 6.61 Å². The van der Waals surface area contributed by atoms with Crippen molar-refractivity contribution >= 4 is 11.6 Å². The molecule has 25 heavy (non-hydrogen) atoms. The maximum Gasteiger partial charge on any atom is 0.180 e. The van der Waals surface area contributed by atoms with Gasteiger partial charge in [0.05, 0.1) is 11.6 Å². The molecule has 0 aromatic heterocycles. The van der Waals surface area contributed by atoms with Crippen LogP contribution in [0.4, 0.5) is 0 Å². The predicted molar refractivity (Wildman–Crippen MR) is 102 cm³/mol. The first kappa shape index (κ1) is 19.6. The normalized spacial score (nSPS) is 10.7. The van der Waals surface area contributed by atoms with Crippen molar-refractivity contribution in [1.29, 1.82) is 0 Å². The first-order valence-corrected chi connectivity index (χ1v) is 8.97. The molecule has 0 heterocycles. The Morgan fingerprint density at radius 2 is 1.96 bits per heavy atom. The number of aliphatic hydroxyl groups excluding tert-OH is 1. The summed E-state index contributed by atoms with van der Waals surface area (Å²) in [5.74, 6) is 1.23. The SMILES string of the molecule is CCOc1cc(CNCCCO)cc(Cl)c1OCc1ccccc1C. The van der Waals surface area contributed by atoms with Gasteiger partial charge in [-0.1, -0.05) is 35.9 Å². The first-order valence-electron chi connectivity index (χ1n) is 8.59. The van der Waals surface area contributed by atoms with Gasteiger partial charge in [0.15, 0.2) is 11.5 Å². The fourth-order valence-corrected chi connectivity index (χ4v) is 2.77. The van der Waals surface area contributed by atoms with Gasteiger partial charge in [0, 0.05) is 13.2 Å². The molecule has 0 bridgehead atoms. The first-order chi connectivity index (χ1) is 12.2. The minimum atomic E-state index is 0.184. The van der Waals surface area contributed by atoms with Crippen molar-refractivity contribution in [2.24, 2.45) is 0 Å². The van der Waals surface area contributed by atoms with Gasteiger partial charge in [-0.15, -0.1) is 0 Å². The highest BCUT2D eigenvalue weighted by Crippen LogP contribution is 2.37. The van der Waals surface area contributed by atoms with Crippen molar-refractivity contribution < 1.29 is 14.6 Å². The summed E-state index contributed by atoms with van der Waals surface area (Å²) in [6.07, 6.45) is 0.726. The van der Waals surface area contributed by atoms with Crippen LogP contribution in [-0.2, 0) is 13.2 Å². The molecule has 2 N–H and O–H groups in total. The van der Waals surface area contributed by atoms with Crippen molar-refractivity contribution in [3.8, 4) is 11.5 Å². The largest absolute Gasteiger partial charge is 0.490 e. The van der Waals surface area contributed by atoms with Gasteiger partial charge in [-0.05, 0) is 55.6 Å². The van der Waals surface area contributed by atoms with E-state index in [1.165, 1.54) is 5.56 Å². The van der Waals surface area contributed by atoms with Crippen LogP contribution in [0.5, 0.6) is 11.5 Å². The fraction of sp³-hybridized carbons (Fsp3) is 0.400. The molecule has 0 radical (unpaired) electrons. The van der Waals surface area contributed by atoms with E-state index in [2.05, 4.69) is 18.3 Å². The van der Waals surface area contributed by atoms with Crippen LogP contribution in [0, 0.1) is 6.92 Å². The lowest BCUT2D eigenvalue weighted by Gasteiger charge is -2.16. The molecule has 0 unspecified atom stereocenters. The maximum atomic E-state index is 8.83. The van der Waals surface area contributed by atoms with Gasteiger partial charge in [0.1, 0.15) is 6.61 Å². The second kappa shape index (κ2) is 10.3. The molecule has 2 aromatic carbocycles. The molecule has 0 aliphatic rings. The van der Waals surface area contributed by atoms with E-state index in [9.17, 15) is 0 Å². The van der Waals surface area contributed by atoms with Crippen LogP contribution >= 0.6 is 11.6 Å². The number of aliphatic hydroxyl groups is 1. The molecule has 0 saturated heterocycles. The van der Waals surface area contributed by atoms with Gasteiger partial charge in [0.25, 0.3) is 0 Å². The minimum absolute atomic E-state index is 0.184. The molecule has 0 spiro atoms. The third kappa shape index (κ3) is 5.92. The minimum Gasteiger partial charge on any atom is -0.490 e. The molecule has 0 aliphatic carbocycles. The smallest absolute Gasteiger partial charge is 0.180 e. The summed E-state index contributed by atoms with van der Waals surface area (Å²) in [5.41, 5.74) is 3.33. The number of hydrogen-bond acceptors (Lipinski definition) is 4. The Bertz CT molecular complexity index is 676. The van der Waals surface area contributed by atoms with Gasteiger partial charge >= 0.3 is 0 Å². The Morgan fingerprint density at radius 1 is 1.16 bits per heavy atom. The van der Waals surface area contributed by atoms with Crippen LogP contribution in [0.15, 0.2) is 36.4 Å². The Morgan fingerprint density at radius 3 is 2.68 bits per heavy atom. The Balaban J connectivity index is 2.11. The average Bonchev–Trinajstić information content (AvgIpc) is 2.60. The van der Waals surface area contributed by atoms with Gasteiger partial charge in [-0.25, -0.2) is 0 Å². The Labute approximate surface area is 154 Å². The van der Waals surface area contributed by atoms with Crippen LogP contribution in [0.1, 0.15) is 30.0 Å². The molecule has 0 saturated carbocycles. The standard InChI is InChI=1S/C20H26ClNO3/c1-3-24-19-12-16(13-22-9-6-10-23)11-18(21)20(19)25-14-17-8-5-4-7-15(17)2/h4-5,7-8,11-12,22-23H,3,6,9-10,13-14H2,1-2H3. The van der Waals surface area contributed by atoms with Crippen molar-refractivity contribution in [3.63, 3.8) is 0 Å². The number of aryl methyl sites for hydroxylation is 1. The summed E-state index contributed by atoms with van der Waals surface area (Å²) in [7, 11) is 0. The number of rotatable bonds is 10. The average molecular weight is 364 g/mol. The highest BCUT2D eigenvalue weighted by molar-refractivity contribution is 6.32. The van der Waals surface area contributed by atoms with Crippen molar-refractivity contribution in [1.82, 2.24) is 5.32 Å². The zero-order valence-corrected chi connectivity index (χ0v) is 15.6. The Hall–Kier alpha value is -1.75. The summed E-state index contributed by atoms with van der Waals surface area (Å²) < 4.78 is 11.7. The molecule has 2 aromatic rings. The number of ether oxygens (including phenoxy) is 2. The van der Waals surface area contributed by atoms with Gasteiger partial charge < -0.3 is 19.9 Å². The van der Waals surface area contributed by atoms with Crippen molar-refractivity contribution in [3.05, 3.63) is 58.1 Å². The van der Waals surface area contributed by atoms with E-state index in [0.717, 1.165) is 24.1 Å². The topological polar surface area (TPSA) is 50.7 Å². The van der Waals surface area contributed by atoms with Crippen molar-refractivity contribution in [2.45, 2.75) is 33.4 Å². The van der Waals surface area contributed by atoms with E-state index < -0.39 is 0 Å². The second-order valence-corrected chi connectivity index (χ2v) is 6.21. The summed E-state index contributed by atoms with van der Waals surface area (Å²) in [4.78, 5) is 0. The van der Waals surface area contributed by atoms with Crippen LogP contribution in [-0.4, -0.2) is 24.9 Å². The zero-order valence-electron chi connectivity index (χ0n) is 14.8. The monoisotopic (exact) mass is 363 g/mol. The lowest BCUT2D eigenvalue weighted by atomic mass is 10.1. The highest BCUT2D eigenvalue weighted by Gasteiger charge is 2.13. The molecule has 5 heteroatoms. The third-order valence-electron chi connectivity index (χ3n) is 3.84. The molecule has 2 rings (SSSR count). The quantitative estimate of drug-likeness (QED) is 0.624. The number of hydrogen-bond donors (Lipinski definition) is 2. The van der Waals surface area contributed by atoms with E-state index in [1.807, 2.05) is 37.3 Å². The summed E-state index contributed by atoms with van der Waals surface area (Å²) in [6, 6.07) is 12.0. The molecule has 136 valence electrons. The van der Waals surface area contributed by atoms with Crippen LogP contribution in [0.25, 0.3) is 0 Å². The lowest BCUT2D eigenvalue weighted by Crippen LogP contribution is -2.15.